The van der Waals surface area contributed by atoms with Crippen LogP contribution in [-0.4, -0.2) is 19.6 Å². The highest BCUT2D eigenvalue weighted by Gasteiger charge is 2.17. The molecule has 0 spiro atoms. The van der Waals surface area contributed by atoms with Gasteiger partial charge in [-0.05, 0) is 22.9 Å². The lowest BCUT2D eigenvalue weighted by molar-refractivity contribution is 0.754. The summed E-state index contributed by atoms with van der Waals surface area (Å²) in [6.07, 6.45) is 1.75. The van der Waals surface area contributed by atoms with Gasteiger partial charge in [-0.1, -0.05) is 0 Å². The number of halogens is 1. The fraction of sp³-hybridized carbons (Fsp3) is 0.333. The Bertz CT molecular complexity index is 491. The Hall–Kier alpha value is -1.30. The zero-order chi connectivity index (χ0) is 11.2. The average Bonchev–Trinajstić information content (AvgIpc) is 2.63. The van der Waals surface area contributed by atoms with E-state index in [9.17, 15) is 0 Å². The van der Waals surface area contributed by atoms with E-state index >= 15 is 0 Å². The minimum atomic E-state index is 0.679. The number of nitrogens with two attached hydrogens (primary N) is 1. The van der Waals surface area contributed by atoms with E-state index in [2.05, 4.69) is 26.1 Å². The van der Waals surface area contributed by atoms with E-state index in [0.29, 0.717) is 5.82 Å². The zero-order valence-corrected chi connectivity index (χ0v) is 10.4. The van der Waals surface area contributed by atoms with Crippen LogP contribution in [0.1, 0.15) is 5.56 Å². The molecule has 0 amide bonds. The van der Waals surface area contributed by atoms with Crippen molar-refractivity contribution in [2.75, 3.05) is 5.73 Å². The molecule has 6 heteroatoms. The number of rotatable bonds is 1. The van der Waals surface area contributed by atoms with Gasteiger partial charge in [0.1, 0.15) is 17.2 Å². The third-order valence-electron chi connectivity index (χ3n) is 2.46. The molecule has 2 rings (SSSR count). The molecule has 0 saturated heterocycles. The molecular weight excluding hydrogens is 258 g/mol. The van der Waals surface area contributed by atoms with Crippen molar-refractivity contribution in [1.82, 2.24) is 19.6 Å². The van der Waals surface area contributed by atoms with Crippen molar-refractivity contribution in [1.29, 1.82) is 0 Å². The molecule has 2 aromatic rings. The number of hydrogen-bond acceptors (Lipinski definition) is 3. The molecule has 0 aliphatic carbocycles. The quantitative estimate of drug-likeness (QED) is 0.853. The van der Waals surface area contributed by atoms with Crippen molar-refractivity contribution in [2.45, 2.75) is 6.92 Å². The van der Waals surface area contributed by atoms with Gasteiger partial charge in [0.15, 0.2) is 0 Å². The molecule has 0 aliphatic heterocycles. The normalized spacial score (nSPS) is 10.9. The second-order valence-electron chi connectivity index (χ2n) is 3.45. The van der Waals surface area contributed by atoms with Gasteiger partial charge < -0.3 is 5.73 Å². The van der Waals surface area contributed by atoms with E-state index in [0.717, 1.165) is 21.4 Å². The van der Waals surface area contributed by atoms with Crippen LogP contribution in [0.5, 0.6) is 0 Å². The van der Waals surface area contributed by atoms with Gasteiger partial charge in [-0.25, -0.2) is 0 Å². The fourth-order valence-corrected chi connectivity index (χ4v) is 2.08. The van der Waals surface area contributed by atoms with Gasteiger partial charge in [-0.2, -0.15) is 10.2 Å². The summed E-state index contributed by atoms with van der Waals surface area (Å²) in [6, 6.07) is 0. The first-order valence-corrected chi connectivity index (χ1v) is 5.28. The maximum Gasteiger partial charge on any atom is 0.124 e. The molecule has 2 heterocycles. The lowest BCUT2D eigenvalue weighted by atomic mass is 10.2. The van der Waals surface area contributed by atoms with Crippen molar-refractivity contribution >= 4 is 21.7 Å². The zero-order valence-electron chi connectivity index (χ0n) is 8.82. The van der Waals surface area contributed by atoms with Gasteiger partial charge in [0, 0.05) is 19.7 Å². The van der Waals surface area contributed by atoms with Crippen LogP contribution in [0.4, 0.5) is 5.82 Å². The first-order chi connectivity index (χ1) is 7.02. The minimum Gasteiger partial charge on any atom is -0.384 e. The summed E-state index contributed by atoms with van der Waals surface area (Å²) in [4.78, 5) is 0. The molecule has 0 aromatic carbocycles. The van der Waals surface area contributed by atoms with E-state index in [4.69, 9.17) is 5.73 Å². The summed E-state index contributed by atoms with van der Waals surface area (Å²) in [5, 5.41) is 8.53. The molecule has 0 saturated carbocycles. The van der Waals surface area contributed by atoms with Crippen LogP contribution >= 0.6 is 15.9 Å². The smallest absolute Gasteiger partial charge is 0.124 e. The summed E-state index contributed by atoms with van der Waals surface area (Å²) in [6.45, 7) is 1.96. The van der Waals surface area contributed by atoms with Gasteiger partial charge in [0.25, 0.3) is 0 Å². The minimum absolute atomic E-state index is 0.679. The van der Waals surface area contributed by atoms with Crippen molar-refractivity contribution in [3.63, 3.8) is 0 Å². The Labute approximate surface area is 96.0 Å². The molecule has 0 atom stereocenters. The van der Waals surface area contributed by atoms with Gasteiger partial charge in [0.2, 0.25) is 0 Å². The number of aromatic nitrogens is 4. The van der Waals surface area contributed by atoms with Gasteiger partial charge in [0.05, 0.1) is 10.7 Å². The summed E-state index contributed by atoms with van der Waals surface area (Å²) < 4.78 is 4.37. The number of nitrogens with zero attached hydrogens (tertiary/aromatic N) is 4. The SMILES string of the molecule is Cc1c(-c2c(Br)cnn2C)nn(C)c1N. The highest BCUT2D eigenvalue weighted by molar-refractivity contribution is 9.10. The molecule has 0 fully saturated rings. The molecule has 5 nitrogen and oxygen atoms in total. The molecule has 0 radical (unpaired) electrons. The van der Waals surface area contributed by atoms with Crippen LogP contribution in [0.25, 0.3) is 11.4 Å². The first kappa shape index (κ1) is 10.2. The van der Waals surface area contributed by atoms with E-state index in [1.807, 2.05) is 21.0 Å². The predicted molar refractivity (Wildman–Crippen MR) is 62.3 cm³/mol. The highest BCUT2D eigenvalue weighted by Crippen LogP contribution is 2.30. The van der Waals surface area contributed by atoms with E-state index in [-0.39, 0.29) is 0 Å². The molecule has 0 unspecified atom stereocenters. The summed E-state index contributed by atoms with van der Waals surface area (Å²) in [5.74, 6) is 0.679. The molecule has 80 valence electrons. The number of aryl methyl sites for hydroxylation is 2. The Morgan fingerprint density at radius 1 is 1.33 bits per heavy atom. The highest BCUT2D eigenvalue weighted by atomic mass is 79.9. The molecule has 2 N–H and O–H groups in total. The molecule has 15 heavy (non-hydrogen) atoms. The molecule has 2 aromatic heterocycles. The van der Waals surface area contributed by atoms with Crippen molar-refractivity contribution in [3.05, 3.63) is 16.2 Å². The summed E-state index contributed by atoms with van der Waals surface area (Å²) in [5.41, 5.74) is 8.65. The number of anilines is 1. The van der Waals surface area contributed by atoms with Crippen molar-refractivity contribution < 1.29 is 0 Å². The maximum atomic E-state index is 5.86. The second kappa shape index (κ2) is 3.37. The van der Waals surface area contributed by atoms with Crippen LogP contribution in [0.3, 0.4) is 0 Å². The van der Waals surface area contributed by atoms with Crippen LogP contribution in [0, 0.1) is 6.92 Å². The van der Waals surface area contributed by atoms with Crippen molar-refractivity contribution in [2.24, 2.45) is 14.1 Å². The summed E-state index contributed by atoms with van der Waals surface area (Å²) >= 11 is 3.45. The Balaban J connectivity index is 2.69. The van der Waals surface area contributed by atoms with Gasteiger partial charge in [-0.15, -0.1) is 0 Å². The average molecular weight is 270 g/mol. The van der Waals surface area contributed by atoms with E-state index < -0.39 is 0 Å². The Morgan fingerprint density at radius 3 is 2.40 bits per heavy atom. The lowest BCUT2D eigenvalue weighted by Gasteiger charge is -1.99. The van der Waals surface area contributed by atoms with Crippen LogP contribution in [0.2, 0.25) is 0 Å². The van der Waals surface area contributed by atoms with Crippen LogP contribution in [-0.2, 0) is 14.1 Å². The molecular formula is C9H12BrN5. The largest absolute Gasteiger partial charge is 0.384 e. The first-order valence-electron chi connectivity index (χ1n) is 4.49. The Kier molecular flexibility index (Phi) is 2.30. The third kappa shape index (κ3) is 1.45. The fourth-order valence-electron chi connectivity index (χ4n) is 1.54. The third-order valence-corrected chi connectivity index (χ3v) is 3.04. The topological polar surface area (TPSA) is 61.7 Å². The van der Waals surface area contributed by atoms with Crippen LogP contribution < -0.4 is 5.73 Å². The lowest BCUT2D eigenvalue weighted by Crippen LogP contribution is -1.98. The van der Waals surface area contributed by atoms with Crippen LogP contribution in [0.15, 0.2) is 10.7 Å². The monoisotopic (exact) mass is 269 g/mol. The van der Waals surface area contributed by atoms with Gasteiger partial charge in [-0.3, -0.25) is 9.36 Å². The van der Waals surface area contributed by atoms with Crippen molar-refractivity contribution in [3.8, 4) is 11.4 Å². The van der Waals surface area contributed by atoms with E-state index in [1.54, 1.807) is 15.6 Å². The Morgan fingerprint density at radius 2 is 2.00 bits per heavy atom. The summed E-state index contributed by atoms with van der Waals surface area (Å²) in [7, 11) is 3.71. The number of nitrogen functional groups attached to an aromatic ring is 1. The number of hydrogen-bond donors (Lipinski definition) is 1. The maximum absolute atomic E-state index is 5.86. The van der Waals surface area contributed by atoms with Gasteiger partial charge >= 0.3 is 0 Å². The molecule has 0 bridgehead atoms. The standard InChI is InChI=1S/C9H12BrN5/c1-5-7(13-15(3)9(5)11)8-6(10)4-12-14(8)2/h4H,11H2,1-3H3. The van der Waals surface area contributed by atoms with E-state index in [1.165, 1.54) is 0 Å². The predicted octanol–water partition coefficient (Wildman–Crippen LogP) is 1.47. The molecule has 0 aliphatic rings. The second-order valence-corrected chi connectivity index (χ2v) is 4.30.